The molecule has 0 spiro atoms. The number of hydrogen-bond donors (Lipinski definition) is 0. The van der Waals surface area contributed by atoms with Gasteiger partial charge in [0.25, 0.3) is 11.7 Å². The molecule has 0 saturated heterocycles. The molecule has 0 fully saturated rings. The molecule has 5 heteroatoms. The molecule has 4 nitrogen and oxygen atoms in total. The van der Waals surface area contributed by atoms with E-state index in [9.17, 15) is 9.59 Å². The first-order valence-electron chi connectivity index (χ1n) is 7.00. The molecule has 0 saturated carbocycles. The van der Waals surface area contributed by atoms with Crippen molar-refractivity contribution in [2.75, 3.05) is 18.1 Å². The lowest BCUT2D eigenvalue weighted by Crippen LogP contribution is -2.31. The summed E-state index contributed by atoms with van der Waals surface area (Å²) in [5.41, 5.74) is 1.18. The number of anilines is 1. The van der Waals surface area contributed by atoms with E-state index in [2.05, 4.69) is 15.9 Å². The van der Waals surface area contributed by atoms with Gasteiger partial charge in [0.05, 0.1) is 17.9 Å². The van der Waals surface area contributed by atoms with E-state index in [0.29, 0.717) is 30.8 Å². The van der Waals surface area contributed by atoms with Gasteiger partial charge in [-0.2, -0.15) is 0 Å². The zero-order valence-electron chi connectivity index (χ0n) is 11.8. The van der Waals surface area contributed by atoms with Crippen molar-refractivity contribution in [3.63, 3.8) is 0 Å². The van der Waals surface area contributed by atoms with Crippen LogP contribution in [-0.4, -0.2) is 24.8 Å². The molecular weight excluding hydrogens is 346 g/mol. The Morgan fingerprint density at radius 1 is 1.00 bits per heavy atom. The summed E-state index contributed by atoms with van der Waals surface area (Å²) < 4.78 is 6.62. The minimum Gasteiger partial charge on any atom is -0.494 e. The molecule has 0 bridgehead atoms. The van der Waals surface area contributed by atoms with Crippen LogP contribution in [0.15, 0.2) is 53.0 Å². The highest BCUT2D eigenvalue weighted by molar-refractivity contribution is 9.10. The Labute approximate surface area is 136 Å². The Morgan fingerprint density at radius 2 is 1.73 bits per heavy atom. The van der Waals surface area contributed by atoms with E-state index in [1.54, 1.807) is 18.2 Å². The molecule has 0 unspecified atom stereocenters. The summed E-state index contributed by atoms with van der Waals surface area (Å²) in [6.45, 7) is 0.958. The van der Waals surface area contributed by atoms with Crippen LogP contribution >= 0.6 is 15.9 Å². The predicted octanol–water partition coefficient (Wildman–Crippen LogP) is 3.45. The van der Waals surface area contributed by atoms with Crippen LogP contribution in [0, 0.1) is 0 Å². The third-order valence-electron chi connectivity index (χ3n) is 3.49. The molecule has 0 N–H and O–H groups in total. The second kappa shape index (κ2) is 6.32. The quantitative estimate of drug-likeness (QED) is 0.606. The van der Waals surface area contributed by atoms with Gasteiger partial charge in [0.2, 0.25) is 0 Å². The highest BCUT2D eigenvalue weighted by atomic mass is 79.9. The normalized spacial score (nSPS) is 13.4. The zero-order chi connectivity index (χ0) is 15.5. The summed E-state index contributed by atoms with van der Waals surface area (Å²) in [4.78, 5) is 25.4. The van der Waals surface area contributed by atoms with Gasteiger partial charge in [-0.05, 0) is 42.8 Å². The number of amides is 1. The summed E-state index contributed by atoms with van der Waals surface area (Å²) in [5.74, 6) is -0.0957. The molecule has 22 heavy (non-hydrogen) atoms. The Kier molecular flexibility index (Phi) is 4.24. The molecule has 2 aromatic carbocycles. The van der Waals surface area contributed by atoms with Crippen molar-refractivity contribution in [2.45, 2.75) is 6.42 Å². The highest BCUT2D eigenvalue weighted by Crippen LogP contribution is 2.28. The van der Waals surface area contributed by atoms with Crippen LogP contribution in [0.3, 0.4) is 0 Å². The Balaban J connectivity index is 1.57. The fourth-order valence-corrected chi connectivity index (χ4v) is 2.68. The number of fused-ring (bicyclic) bond motifs is 1. The minimum absolute atomic E-state index is 0.426. The molecule has 0 aromatic heterocycles. The molecule has 1 heterocycles. The van der Waals surface area contributed by atoms with Gasteiger partial charge in [-0.15, -0.1) is 0 Å². The molecule has 2 aromatic rings. The van der Waals surface area contributed by atoms with Crippen molar-refractivity contribution in [3.8, 4) is 5.75 Å². The van der Waals surface area contributed by atoms with Gasteiger partial charge in [-0.1, -0.05) is 28.1 Å². The zero-order valence-corrected chi connectivity index (χ0v) is 13.4. The molecule has 0 atom stereocenters. The first-order chi connectivity index (χ1) is 10.7. The first kappa shape index (κ1) is 14.8. The van der Waals surface area contributed by atoms with E-state index in [-0.39, 0.29) is 0 Å². The van der Waals surface area contributed by atoms with Gasteiger partial charge in [0.15, 0.2) is 0 Å². The number of ketones is 1. The Hall–Kier alpha value is -2.14. The van der Waals surface area contributed by atoms with Crippen molar-refractivity contribution in [3.05, 3.63) is 58.6 Å². The van der Waals surface area contributed by atoms with E-state index in [1.807, 2.05) is 30.3 Å². The van der Waals surface area contributed by atoms with Crippen LogP contribution in [0.2, 0.25) is 0 Å². The van der Waals surface area contributed by atoms with Crippen molar-refractivity contribution in [1.29, 1.82) is 0 Å². The molecule has 0 radical (unpaired) electrons. The van der Waals surface area contributed by atoms with E-state index in [0.717, 1.165) is 10.2 Å². The number of halogens is 1. The maximum Gasteiger partial charge on any atom is 0.299 e. The van der Waals surface area contributed by atoms with Crippen LogP contribution < -0.4 is 9.64 Å². The SMILES string of the molecule is O=C1C(=O)N(CCCOc2ccc(Br)cc2)c2ccccc21. The number of rotatable bonds is 5. The smallest absolute Gasteiger partial charge is 0.299 e. The fourth-order valence-electron chi connectivity index (χ4n) is 2.41. The summed E-state index contributed by atoms with van der Waals surface area (Å²) >= 11 is 3.37. The van der Waals surface area contributed by atoms with Gasteiger partial charge in [0, 0.05) is 11.0 Å². The topological polar surface area (TPSA) is 46.6 Å². The number of benzene rings is 2. The third-order valence-corrected chi connectivity index (χ3v) is 4.02. The van der Waals surface area contributed by atoms with Crippen molar-refractivity contribution in [2.24, 2.45) is 0 Å². The number of carbonyl (C=O) groups excluding carboxylic acids is 2. The van der Waals surface area contributed by atoms with Gasteiger partial charge in [0.1, 0.15) is 5.75 Å². The number of ether oxygens (including phenoxy) is 1. The van der Waals surface area contributed by atoms with Crippen LogP contribution in [0.5, 0.6) is 5.75 Å². The number of carbonyl (C=O) groups is 2. The maximum atomic E-state index is 12.0. The average molecular weight is 360 g/mol. The molecular formula is C17H14BrNO3. The summed E-state index contributed by atoms with van der Waals surface area (Å²) in [7, 11) is 0. The van der Waals surface area contributed by atoms with Gasteiger partial charge < -0.3 is 9.64 Å². The Bertz CT molecular complexity index is 712. The van der Waals surface area contributed by atoms with E-state index >= 15 is 0 Å². The monoisotopic (exact) mass is 359 g/mol. The first-order valence-corrected chi connectivity index (χ1v) is 7.80. The van der Waals surface area contributed by atoms with Gasteiger partial charge >= 0.3 is 0 Å². The highest BCUT2D eigenvalue weighted by Gasteiger charge is 2.34. The van der Waals surface area contributed by atoms with Crippen LogP contribution in [-0.2, 0) is 4.79 Å². The van der Waals surface area contributed by atoms with Crippen LogP contribution in [0.1, 0.15) is 16.8 Å². The van der Waals surface area contributed by atoms with Gasteiger partial charge in [-0.3, -0.25) is 9.59 Å². The minimum atomic E-state index is -0.454. The summed E-state index contributed by atoms with van der Waals surface area (Å²) in [6, 6.07) is 14.7. The molecule has 3 rings (SSSR count). The number of para-hydroxylation sites is 1. The van der Waals surface area contributed by atoms with Crippen molar-refractivity contribution < 1.29 is 14.3 Å². The second-order valence-electron chi connectivity index (χ2n) is 4.96. The maximum absolute atomic E-state index is 12.0. The van der Waals surface area contributed by atoms with E-state index in [1.165, 1.54) is 4.90 Å². The lowest BCUT2D eigenvalue weighted by atomic mass is 10.1. The van der Waals surface area contributed by atoms with Crippen molar-refractivity contribution >= 4 is 33.3 Å². The molecule has 112 valence electrons. The van der Waals surface area contributed by atoms with E-state index in [4.69, 9.17) is 4.74 Å². The van der Waals surface area contributed by atoms with Crippen LogP contribution in [0.25, 0.3) is 0 Å². The standard InChI is InChI=1S/C17H14BrNO3/c18-12-6-8-13(9-7-12)22-11-3-10-19-15-5-2-1-4-14(15)16(20)17(19)21/h1-2,4-9H,3,10-11H2. The number of nitrogens with zero attached hydrogens (tertiary/aromatic N) is 1. The molecule has 0 aliphatic carbocycles. The second-order valence-corrected chi connectivity index (χ2v) is 5.87. The van der Waals surface area contributed by atoms with E-state index < -0.39 is 11.7 Å². The van der Waals surface area contributed by atoms with Crippen molar-refractivity contribution in [1.82, 2.24) is 0 Å². The van der Waals surface area contributed by atoms with Gasteiger partial charge in [-0.25, -0.2) is 0 Å². The summed E-state index contributed by atoms with van der Waals surface area (Å²) in [5, 5.41) is 0. The largest absolute Gasteiger partial charge is 0.494 e. The predicted molar refractivity (Wildman–Crippen MR) is 87.4 cm³/mol. The summed E-state index contributed by atoms with van der Waals surface area (Å²) in [6.07, 6.45) is 0.656. The third kappa shape index (κ3) is 2.90. The lowest BCUT2D eigenvalue weighted by molar-refractivity contribution is -0.114. The average Bonchev–Trinajstić information content (AvgIpc) is 2.78. The molecule has 1 aliphatic heterocycles. The molecule has 1 aliphatic rings. The molecule has 1 amide bonds. The van der Waals surface area contributed by atoms with Crippen LogP contribution in [0.4, 0.5) is 5.69 Å². The number of Topliss-reactive ketones (excluding diaryl/α,β-unsaturated/α-hetero) is 1. The lowest BCUT2D eigenvalue weighted by Gasteiger charge is -2.16. The fraction of sp³-hybridized carbons (Fsp3) is 0.176. The number of hydrogen-bond acceptors (Lipinski definition) is 3. The Morgan fingerprint density at radius 3 is 2.50 bits per heavy atom.